The Balaban J connectivity index is 3.26. The van der Waals surface area contributed by atoms with E-state index in [0.717, 1.165) is 5.57 Å². The number of hydrogen-bond acceptors (Lipinski definition) is 2. The SMILES string of the molecule is C/C=C(\C)c1n[nH]c(=O)n1C. The number of rotatable bonds is 1. The van der Waals surface area contributed by atoms with E-state index in [-0.39, 0.29) is 5.69 Å². The normalized spacial score (nSPS) is 12.1. The van der Waals surface area contributed by atoms with Gasteiger partial charge in [0.1, 0.15) is 0 Å². The molecule has 0 atom stereocenters. The Morgan fingerprint density at radius 2 is 2.36 bits per heavy atom. The molecule has 0 spiro atoms. The first-order chi connectivity index (χ1) is 5.16. The quantitative estimate of drug-likeness (QED) is 0.639. The van der Waals surface area contributed by atoms with Gasteiger partial charge in [0, 0.05) is 7.05 Å². The van der Waals surface area contributed by atoms with Gasteiger partial charge in [-0.3, -0.25) is 4.57 Å². The van der Waals surface area contributed by atoms with Crippen molar-refractivity contribution in [1.29, 1.82) is 0 Å². The van der Waals surface area contributed by atoms with Crippen LogP contribution in [-0.4, -0.2) is 14.8 Å². The van der Waals surface area contributed by atoms with Crippen LogP contribution in [0.4, 0.5) is 0 Å². The number of hydrogen-bond donors (Lipinski definition) is 1. The first-order valence-corrected chi connectivity index (χ1v) is 3.41. The highest BCUT2D eigenvalue weighted by molar-refractivity contribution is 5.56. The van der Waals surface area contributed by atoms with E-state index < -0.39 is 0 Å². The lowest BCUT2D eigenvalue weighted by Crippen LogP contribution is -2.13. The van der Waals surface area contributed by atoms with E-state index >= 15 is 0 Å². The molecule has 0 fully saturated rings. The maximum absolute atomic E-state index is 10.9. The first-order valence-electron chi connectivity index (χ1n) is 3.41. The summed E-state index contributed by atoms with van der Waals surface area (Å²) in [7, 11) is 1.69. The highest BCUT2D eigenvalue weighted by Gasteiger charge is 2.03. The summed E-state index contributed by atoms with van der Waals surface area (Å²) in [5.74, 6) is 0.692. The van der Waals surface area contributed by atoms with Gasteiger partial charge in [0.05, 0.1) is 0 Å². The lowest BCUT2D eigenvalue weighted by Gasteiger charge is -1.95. The predicted octanol–water partition coefficient (Wildman–Crippen LogP) is 0.532. The van der Waals surface area contributed by atoms with Gasteiger partial charge < -0.3 is 0 Å². The first kappa shape index (κ1) is 7.78. The van der Waals surface area contributed by atoms with Crippen LogP contribution in [-0.2, 0) is 7.05 Å². The number of H-pyrrole nitrogens is 1. The molecular weight excluding hydrogens is 142 g/mol. The third-order valence-electron chi connectivity index (χ3n) is 1.67. The monoisotopic (exact) mass is 153 g/mol. The summed E-state index contributed by atoms with van der Waals surface area (Å²) < 4.78 is 1.48. The van der Waals surface area contributed by atoms with Crippen molar-refractivity contribution in [2.45, 2.75) is 13.8 Å². The Labute approximate surface area is 64.6 Å². The summed E-state index contributed by atoms with van der Waals surface area (Å²) in [6.07, 6.45) is 1.91. The van der Waals surface area contributed by atoms with Gasteiger partial charge in [0.15, 0.2) is 5.82 Å². The molecule has 0 aliphatic carbocycles. The molecule has 4 nitrogen and oxygen atoms in total. The second-order valence-corrected chi connectivity index (χ2v) is 2.38. The average molecular weight is 153 g/mol. The van der Waals surface area contributed by atoms with Gasteiger partial charge in [0.2, 0.25) is 0 Å². The van der Waals surface area contributed by atoms with Crippen molar-refractivity contribution >= 4 is 5.57 Å². The molecule has 0 aliphatic heterocycles. The molecule has 1 aromatic rings. The van der Waals surface area contributed by atoms with E-state index in [1.54, 1.807) is 7.05 Å². The minimum absolute atomic E-state index is 0.179. The van der Waals surface area contributed by atoms with E-state index in [4.69, 9.17) is 0 Å². The van der Waals surface area contributed by atoms with Gasteiger partial charge in [-0.2, -0.15) is 5.10 Å². The average Bonchev–Trinajstić information content (AvgIpc) is 2.32. The molecule has 0 aliphatic rings. The topological polar surface area (TPSA) is 50.7 Å². The fourth-order valence-corrected chi connectivity index (χ4v) is 0.829. The molecule has 4 heteroatoms. The Kier molecular flexibility index (Phi) is 1.94. The molecule has 0 bridgehead atoms. The third-order valence-corrected chi connectivity index (χ3v) is 1.67. The maximum atomic E-state index is 10.9. The summed E-state index contributed by atoms with van der Waals surface area (Å²) in [5, 5.41) is 6.21. The zero-order chi connectivity index (χ0) is 8.43. The number of aromatic nitrogens is 3. The maximum Gasteiger partial charge on any atom is 0.343 e. The van der Waals surface area contributed by atoms with Crippen LogP contribution in [0.1, 0.15) is 19.7 Å². The smallest absolute Gasteiger partial charge is 0.279 e. The van der Waals surface area contributed by atoms with E-state index in [1.165, 1.54) is 4.57 Å². The van der Waals surface area contributed by atoms with Gasteiger partial charge in [0.25, 0.3) is 0 Å². The largest absolute Gasteiger partial charge is 0.343 e. The molecule has 0 unspecified atom stereocenters. The van der Waals surface area contributed by atoms with Crippen molar-refractivity contribution in [3.63, 3.8) is 0 Å². The highest BCUT2D eigenvalue weighted by atomic mass is 16.1. The van der Waals surface area contributed by atoms with E-state index in [1.807, 2.05) is 19.9 Å². The Morgan fingerprint density at radius 3 is 2.73 bits per heavy atom. The lowest BCUT2D eigenvalue weighted by atomic mass is 10.3. The molecule has 0 saturated heterocycles. The summed E-state index contributed by atoms with van der Waals surface area (Å²) >= 11 is 0. The highest BCUT2D eigenvalue weighted by Crippen LogP contribution is 2.05. The third kappa shape index (κ3) is 1.24. The zero-order valence-corrected chi connectivity index (χ0v) is 6.88. The Morgan fingerprint density at radius 1 is 1.73 bits per heavy atom. The fraction of sp³-hybridized carbons (Fsp3) is 0.429. The molecule has 0 radical (unpaired) electrons. The van der Waals surface area contributed by atoms with Gasteiger partial charge in [-0.1, -0.05) is 6.08 Å². The van der Waals surface area contributed by atoms with Crippen LogP contribution in [0.3, 0.4) is 0 Å². The molecule has 1 N–H and O–H groups in total. The second kappa shape index (κ2) is 2.74. The van der Waals surface area contributed by atoms with Crippen LogP contribution >= 0.6 is 0 Å². The minimum atomic E-state index is -0.179. The van der Waals surface area contributed by atoms with Crippen LogP contribution in [0, 0.1) is 0 Å². The molecular formula is C7H11N3O. The van der Waals surface area contributed by atoms with Crippen LogP contribution in [0.2, 0.25) is 0 Å². The molecule has 1 rings (SSSR count). The summed E-state index contributed by atoms with van der Waals surface area (Å²) in [4.78, 5) is 10.9. The molecule has 60 valence electrons. The van der Waals surface area contributed by atoms with Gasteiger partial charge >= 0.3 is 5.69 Å². The van der Waals surface area contributed by atoms with Crippen LogP contribution in [0.15, 0.2) is 10.9 Å². The van der Waals surface area contributed by atoms with E-state index in [0.29, 0.717) is 5.82 Å². The lowest BCUT2D eigenvalue weighted by molar-refractivity contribution is 0.847. The molecule has 0 amide bonds. The van der Waals surface area contributed by atoms with Crippen molar-refractivity contribution in [3.05, 3.63) is 22.4 Å². The summed E-state index contributed by atoms with van der Waals surface area (Å²) in [6.45, 7) is 3.82. The van der Waals surface area contributed by atoms with Gasteiger partial charge in [-0.05, 0) is 19.4 Å². The predicted molar refractivity (Wildman–Crippen MR) is 43.2 cm³/mol. The molecule has 1 aromatic heterocycles. The van der Waals surface area contributed by atoms with Crippen LogP contribution < -0.4 is 5.69 Å². The minimum Gasteiger partial charge on any atom is -0.279 e. The van der Waals surface area contributed by atoms with Crippen molar-refractivity contribution < 1.29 is 0 Å². The standard InChI is InChI=1S/C7H11N3O/c1-4-5(2)6-8-9-7(11)10(6)3/h4H,1-3H3,(H,9,11)/b5-4+. The molecule has 11 heavy (non-hydrogen) atoms. The van der Waals surface area contributed by atoms with Crippen LogP contribution in [0.25, 0.3) is 5.57 Å². The van der Waals surface area contributed by atoms with Crippen molar-refractivity contribution in [2.24, 2.45) is 7.05 Å². The molecule has 1 heterocycles. The number of aromatic amines is 1. The molecule has 0 aromatic carbocycles. The fourth-order valence-electron chi connectivity index (χ4n) is 0.829. The van der Waals surface area contributed by atoms with Gasteiger partial charge in [-0.15, -0.1) is 0 Å². The van der Waals surface area contributed by atoms with Crippen LogP contribution in [0.5, 0.6) is 0 Å². The van der Waals surface area contributed by atoms with E-state index in [9.17, 15) is 4.79 Å². The number of nitrogens with one attached hydrogen (secondary N) is 1. The number of allylic oxidation sites excluding steroid dienone is 2. The van der Waals surface area contributed by atoms with Crippen molar-refractivity contribution in [1.82, 2.24) is 14.8 Å². The van der Waals surface area contributed by atoms with Gasteiger partial charge in [-0.25, -0.2) is 9.89 Å². The van der Waals surface area contributed by atoms with Crippen molar-refractivity contribution in [3.8, 4) is 0 Å². The Bertz CT molecular complexity index is 332. The Hall–Kier alpha value is -1.32. The van der Waals surface area contributed by atoms with Crippen molar-refractivity contribution in [2.75, 3.05) is 0 Å². The summed E-state index contributed by atoms with van der Waals surface area (Å²) in [6, 6.07) is 0. The van der Waals surface area contributed by atoms with E-state index in [2.05, 4.69) is 10.2 Å². The number of nitrogens with zero attached hydrogens (tertiary/aromatic N) is 2. The second-order valence-electron chi connectivity index (χ2n) is 2.38. The molecule has 0 saturated carbocycles. The zero-order valence-electron chi connectivity index (χ0n) is 6.88. The summed E-state index contributed by atoms with van der Waals surface area (Å²) in [5.41, 5.74) is 0.812.